The zero-order valence-corrected chi connectivity index (χ0v) is 17.4. The van der Waals surface area contributed by atoms with E-state index in [1.165, 1.54) is 32.0 Å². The Morgan fingerprint density at radius 1 is 1.24 bits per heavy atom. The molecule has 6 nitrogen and oxygen atoms in total. The van der Waals surface area contributed by atoms with Gasteiger partial charge >= 0.3 is 0 Å². The lowest BCUT2D eigenvalue weighted by Crippen LogP contribution is -2.30. The molecular formula is C22H29FN6. The van der Waals surface area contributed by atoms with E-state index in [9.17, 15) is 4.39 Å². The van der Waals surface area contributed by atoms with Gasteiger partial charge in [0.2, 0.25) is 0 Å². The molecule has 0 saturated carbocycles. The number of H-pyrrole nitrogens is 1. The SMILES string of the molecule is Cc1nc(C(N)CCC2CCN(C)CC2)ncc1-c1nc2c(C)c(F)ccc2[nH]1. The van der Waals surface area contributed by atoms with Crippen LogP contribution in [0.25, 0.3) is 22.4 Å². The van der Waals surface area contributed by atoms with Crippen molar-refractivity contribution in [2.45, 2.75) is 45.6 Å². The highest BCUT2D eigenvalue weighted by atomic mass is 19.1. The number of piperidine rings is 1. The van der Waals surface area contributed by atoms with E-state index in [4.69, 9.17) is 5.73 Å². The van der Waals surface area contributed by atoms with Crippen molar-refractivity contribution < 1.29 is 4.39 Å². The van der Waals surface area contributed by atoms with Gasteiger partial charge in [0.1, 0.15) is 17.5 Å². The lowest BCUT2D eigenvalue weighted by Gasteiger charge is -2.29. The first-order valence-corrected chi connectivity index (χ1v) is 10.3. The molecule has 1 unspecified atom stereocenters. The molecule has 3 N–H and O–H groups in total. The largest absolute Gasteiger partial charge is 0.338 e. The van der Waals surface area contributed by atoms with E-state index >= 15 is 0 Å². The molecule has 0 amide bonds. The lowest BCUT2D eigenvalue weighted by atomic mass is 9.91. The summed E-state index contributed by atoms with van der Waals surface area (Å²) in [6.07, 6.45) is 6.28. The van der Waals surface area contributed by atoms with Gasteiger partial charge in [0, 0.05) is 11.8 Å². The fourth-order valence-electron chi connectivity index (χ4n) is 4.11. The van der Waals surface area contributed by atoms with Gasteiger partial charge in [-0.3, -0.25) is 0 Å². The van der Waals surface area contributed by atoms with Crippen molar-refractivity contribution in [3.63, 3.8) is 0 Å². The summed E-state index contributed by atoms with van der Waals surface area (Å²) in [5, 5.41) is 0. The summed E-state index contributed by atoms with van der Waals surface area (Å²) in [4.78, 5) is 19.4. The fourth-order valence-corrected chi connectivity index (χ4v) is 4.11. The predicted molar refractivity (Wildman–Crippen MR) is 113 cm³/mol. The van der Waals surface area contributed by atoms with Gasteiger partial charge in [-0.2, -0.15) is 0 Å². The summed E-state index contributed by atoms with van der Waals surface area (Å²) in [5.74, 6) is 1.82. The smallest absolute Gasteiger partial charge is 0.145 e. The summed E-state index contributed by atoms with van der Waals surface area (Å²) < 4.78 is 13.8. The number of likely N-dealkylation sites (tertiary alicyclic amines) is 1. The van der Waals surface area contributed by atoms with Crippen molar-refractivity contribution in [3.8, 4) is 11.4 Å². The maximum atomic E-state index is 13.8. The van der Waals surface area contributed by atoms with Gasteiger partial charge < -0.3 is 15.6 Å². The van der Waals surface area contributed by atoms with Crippen LogP contribution < -0.4 is 5.73 Å². The molecule has 4 rings (SSSR count). The van der Waals surface area contributed by atoms with Crippen molar-refractivity contribution in [1.29, 1.82) is 0 Å². The summed E-state index contributed by atoms with van der Waals surface area (Å²) in [7, 11) is 2.18. The Bertz CT molecular complexity index is 1010. The van der Waals surface area contributed by atoms with E-state index in [-0.39, 0.29) is 11.9 Å². The van der Waals surface area contributed by atoms with E-state index in [1.807, 2.05) is 6.92 Å². The number of hydrogen-bond donors (Lipinski definition) is 2. The van der Waals surface area contributed by atoms with E-state index < -0.39 is 0 Å². The molecule has 154 valence electrons. The first kappa shape index (κ1) is 19.9. The third-order valence-electron chi connectivity index (χ3n) is 6.15. The first-order chi connectivity index (χ1) is 13.9. The highest BCUT2D eigenvalue weighted by Crippen LogP contribution is 2.27. The molecular weight excluding hydrogens is 367 g/mol. The zero-order valence-electron chi connectivity index (χ0n) is 17.4. The van der Waals surface area contributed by atoms with Crippen LogP contribution in [0.5, 0.6) is 0 Å². The highest BCUT2D eigenvalue weighted by Gasteiger charge is 2.20. The number of aromatic nitrogens is 4. The molecule has 3 heterocycles. The topological polar surface area (TPSA) is 83.7 Å². The number of fused-ring (bicyclic) bond motifs is 1. The monoisotopic (exact) mass is 396 g/mol. The molecule has 0 bridgehead atoms. The number of aryl methyl sites for hydroxylation is 2. The van der Waals surface area contributed by atoms with Crippen LogP contribution in [0.2, 0.25) is 0 Å². The second-order valence-corrected chi connectivity index (χ2v) is 8.31. The number of nitrogens with two attached hydrogens (primary N) is 1. The number of imidazole rings is 1. The van der Waals surface area contributed by atoms with E-state index in [0.717, 1.165) is 35.5 Å². The second-order valence-electron chi connectivity index (χ2n) is 8.31. The van der Waals surface area contributed by atoms with Crippen LogP contribution in [-0.4, -0.2) is 45.0 Å². The molecule has 1 aliphatic heterocycles. The minimum absolute atomic E-state index is 0.158. The molecule has 3 aromatic rings. The van der Waals surface area contributed by atoms with Crippen molar-refractivity contribution in [3.05, 3.63) is 41.2 Å². The zero-order chi connectivity index (χ0) is 20.5. The molecule has 1 aromatic carbocycles. The average Bonchev–Trinajstić information content (AvgIpc) is 3.15. The first-order valence-electron chi connectivity index (χ1n) is 10.3. The summed E-state index contributed by atoms with van der Waals surface area (Å²) in [6.45, 7) is 6.01. The van der Waals surface area contributed by atoms with Crippen LogP contribution >= 0.6 is 0 Å². The lowest BCUT2D eigenvalue weighted by molar-refractivity contribution is 0.208. The van der Waals surface area contributed by atoms with E-state index in [1.54, 1.807) is 19.2 Å². The molecule has 7 heteroatoms. The van der Waals surface area contributed by atoms with Gasteiger partial charge in [0.05, 0.1) is 28.3 Å². The van der Waals surface area contributed by atoms with Gasteiger partial charge in [-0.05, 0) is 77.7 Å². The minimum atomic E-state index is -0.255. The number of benzene rings is 1. The number of halogens is 1. The van der Waals surface area contributed by atoms with Crippen molar-refractivity contribution in [2.24, 2.45) is 11.7 Å². The predicted octanol–water partition coefficient (Wildman–Crippen LogP) is 3.90. The maximum absolute atomic E-state index is 13.8. The number of aromatic amines is 1. The number of rotatable bonds is 5. The third kappa shape index (κ3) is 4.16. The minimum Gasteiger partial charge on any atom is -0.338 e. The Kier molecular flexibility index (Phi) is 5.61. The molecule has 0 aliphatic carbocycles. The van der Waals surface area contributed by atoms with Crippen LogP contribution in [0.15, 0.2) is 18.3 Å². The summed E-state index contributed by atoms with van der Waals surface area (Å²) in [6, 6.07) is 3.00. The van der Waals surface area contributed by atoms with Crippen LogP contribution in [0.3, 0.4) is 0 Å². The quantitative estimate of drug-likeness (QED) is 0.683. The molecule has 1 aliphatic rings. The number of nitrogens with zero attached hydrogens (tertiary/aromatic N) is 4. The van der Waals surface area contributed by atoms with Crippen LogP contribution in [0.4, 0.5) is 4.39 Å². The van der Waals surface area contributed by atoms with Crippen molar-refractivity contribution in [2.75, 3.05) is 20.1 Å². The number of hydrogen-bond acceptors (Lipinski definition) is 5. The standard InChI is InChI=1S/C22H29FN6/c1-13-17(23)5-7-19-20(13)28-21(27-19)16-12-25-22(26-14(16)2)18(24)6-4-15-8-10-29(3)11-9-15/h5,7,12,15,18H,4,6,8-11,24H2,1-3H3,(H,27,28). The van der Waals surface area contributed by atoms with Crippen LogP contribution in [-0.2, 0) is 0 Å². The normalized spacial score (nSPS) is 17.1. The average molecular weight is 397 g/mol. The molecule has 1 fully saturated rings. The Morgan fingerprint density at radius 3 is 2.72 bits per heavy atom. The summed E-state index contributed by atoms with van der Waals surface area (Å²) in [5.41, 5.74) is 10.0. The van der Waals surface area contributed by atoms with Gasteiger partial charge in [0.15, 0.2) is 0 Å². The third-order valence-corrected chi connectivity index (χ3v) is 6.15. The van der Waals surface area contributed by atoms with Gasteiger partial charge in [-0.25, -0.2) is 19.3 Å². The van der Waals surface area contributed by atoms with E-state index in [0.29, 0.717) is 22.7 Å². The Morgan fingerprint density at radius 2 is 2.00 bits per heavy atom. The molecule has 0 spiro atoms. The molecule has 1 atom stereocenters. The molecule has 0 radical (unpaired) electrons. The van der Waals surface area contributed by atoms with Gasteiger partial charge in [-0.15, -0.1) is 0 Å². The van der Waals surface area contributed by atoms with Crippen LogP contribution in [0.1, 0.15) is 48.8 Å². The molecule has 2 aromatic heterocycles. The van der Waals surface area contributed by atoms with Gasteiger partial charge in [0.25, 0.3) is 0 Å². The van der Waals surface area contributed by atoms with Crippen LogP contribution in [0, 0.1) is 25.6 Å². The molecule has 29 heavy (non-hydrogen) atoms. The second kappa shape index (κ2) is 8.16. The Hall–Kier alpha value is -2.38. The van der Waals surface area contributed by atoms with Gasteiger partial charge in [-0.1, -0.05) is 0 Å². The summed E-state index contributed by atoms with van der Waals surface area (Å²) >= 11 is 0. The fraction of sp³-hybridized carbons (Fsp3) is 0.500. The Labute approximate surface area is 170 Å². The van der Waals surface area contributed by atoms with E-state index in [2.05, 4.69) is 31.9 Å². The molecule has 1 saturated heterocycles. The Balaban J connectivity index is 1.48. The number of nitrogens with one attached hydrogen (secondary N) is 1. The van der Waals surface area contributed by atoms with Crippen molar-refractivity contribution >= 4 is 11.0 Å². The maximum Gasteiger partial charge on any atom is 0.145 e. The van der Waals surface area contributed by atoms with Crippen molar-refractivity contribution in [1.82, 2.24) is 24.8 Å². The highest BCUT2D eigenvalue weighted by molar-refractivity contribution is 5.82.